The minimum absolute atomic E-state index is 0.0962. The number of aliphatic carboxylic acids is 1. The number of carbonyl (C=O) groups is 1. The molecule has 0 radical (unpaired) electrons. The minimum Gasteiger partial charge on any atom is -0.477 e. The first-order valence-corrected chi connectivity index (χ1v) is 17.8. The van der Waals surface area contributed by atoms with E-state index in [1.54, 1.807) is 17.8 Å². The van der Waals surface area contributed by atoms with Crippen molar-refractivity contribution in [3.8, 4) is 6.07 Å². The van der Waals surface area contributed by atoms with Crippen molar-refractivity contribution < 1.29 is 9.90 Å². The Bertz CT molecular complexity index is 2010. The van der Waals surface area contributed by atoms with Crippen LogP contribution in [0.2, 0.25) is 0 Å². The predicted octanol–water partition coefficient (Wildman–Crippen LogP) is 11.2. The van der Waals surface area contributed by atoms with Gasteiger partial charge < -0.3 is 14.6 Å². The highest BCUT2D eigenvalue weighted by Crippen LogP contribution is 2.48. The lowest BCUT2D eigenvalue weighted by Crippen LogP contribution is -2.22. The van der Waals surface area contributed by atoms with Crippen LogP contribution >= 0.6 is 11.8 Å². The van der Waals surface area contributed by atoms with Gasteiger partial charge in [-0.1, -0.05) is 96.5 Å². The largest absolute Gasteiger partial charge is 0.477 e. The van der Waals surface area contributed by atoms with E-state index in [0.717, 1.165) is 49.4 Å². The van der Waals surface area contributed by atoms with Gasteiger partial charge in [-0.3, -0.25) is 0 Å². The van der Waals surface area contributed by atoms with Gasteiger partial charge in [-0.15, -0.1) is 0 Å². The van der Waals surface area contributed by atoms with Gasteiger partial charge in [-0.05, 0) is 95.0 Å². The maximum Gasteiger partial charge on any atom is 0.346 e. The molecular formula is C42H45N3O2S. The first-order chi connectivity index (χ1) is 22.8. The number of hydrogen-bond acceptors (Lipinski definition) is 4. The Morgan fingerprint density at radius 2 is 1.33 bits per heavy atom. The number of fused-ring (bicyclic) bond motifs is 5. The van der Waals surface area contributed by atoms with Gasteiger partial charge in [0, 0.05) is 44.7 Å². The highest BCUT2D eigenvalue weighted by Gasteiger charge is 2.24. The van der Waals surface area contributed by atoms with E-state index >= 15 is 0 Å². The predicted molar refractivity (Wildman–Crippen MR) is 201 cm³/mol. The normalized spacial score (nSPS) is 13.4. The van der Waals surface area contributed by atoms with Crippen molar-refractivity contribution in [2.45, 2.75) is 94.4 Å². The van der Waals surface area contributed by atoms with Crippen molar-refractivity contribution in [1.29, 1.82) is 5.26 Å². The summed E-state index contributed by atoms with van der Waals surface area (Å²) >= 11 is 1.69. The van der Waals surface area contributed by atoms with Crippen molar-refractivity contribution >= 4 is 57.0 Å². The third-order valence-corrected chi connectivity index (χ3v) is 10.5. The number of anilines is 2. The maximum atomic E-state index is 11.4. The van der Waals surface area contributed by atoms with Crippen LogP contribution in [0.1, 0.15) is 83.9 Å². The van der Waals surface area contributed by atoms with E-state index in [2.05, 4.69) is 118 Å². The van der Waals surface area contributed by atoms with Gasteiger partial charge in [0.1, 0.15) is 11.6 Å². The number of aryl methyl sites for hydroxylation is 1. The Labute approximate surface area is 288 Å². The number of nitrogens with zero attached hydrogens (tertiary/aromatic N) is 3. The number of unbranched alkanes of at least 4 members (excludes halogenated alkanes) is 3. The summed E-state index contributed by atoms with van der Waals surface area (Å²) in [6.07, 6.45) is 5.90. The topological polar surface area (TPSA) is 69.3 Å². The van der Waals surface area contributed by atoms with Crippen molar-refractivity contribution in [2.75, 3.05) is 11.4 Å². The summed E-state index contributed by atoms with van der Waals surface area (Å²) < 4.78 is 2.53. The molecule has 0 fully saturated rings. The van der Waals surface area contributed by atoms with Crippen molar-refractivity contribution in [2.24, 2.45) is 0 Å². The lowest BCUT2D eigenvalue weighted by atomic mass is 9.85. The number of aromatic nitrogens is 1. The molecule has 1 N–H and O–H groups in total. The fourth-order valence-corrected chi connectivity index (χ4v) is 7.80. The van der Waals surface area contributed by atoms with Crippen LogP contribution in [0.5, 0.6) is 0 Å². The van der Waals surface area contributed by atoms with Crippen LogP contribution in [0.25, 0.3) is 27.9 Å². The average Bonchev–Trinajstić information content (AvgIpc) is 3.35. The van der Waals surface area contributed by atoms with E-state index in [1.807, 2.05) is 12.1 Å². The molecule has 4 aromatic carbocycles. The number of nitriles is 1. The second-order valence-electron chi connectivity index (χ2n) is 15.0. The number of hydrogen-bond donors (Lipinski definition) is 1. The summed E-state index contributed by atoms with van der Waals surface area (Å²) in [5.41, 5.74) is 8.36. The van der Waals surface area contributed by atoms with Gasteiger partial charge in [0.25, 0.3) is 0 Å². The van der Waals surface area contributed by atoms with E-state index in [4.69, 9.17) is 0 Å². The fourth-order valence-electron chi connectivity index (χ4n) is 6.66. The fraction of sp³-hybridized carbons (Fsp3) is 0.333. The number of benzene rings is 4. The standard InChI is InChI=1S/C42H45N3O2S/c1-41(2,3)30-16-19-34-32(25-30)33-26-31(42(4,5)6)17-20-35(33)44(34)21-11-7-8-12-22-45-36-13-9-10-14-38(36)48-39-24-28(15-18-37(39)45)23-29(27-43)40(46)47/h9-10,13-20,23-26H,7-8,11-12,21-22H2,1-6H3,(H,46,47)/b29-23-. The molecule has 1 aliphatic heterocycles. The molecule has 1 aliphatic rings. The molecule has 0 saturated carbocycles. The Morgan fingerprint density at radius 3 is 1.92 bits per heavy atom. The molecule has 0 aliphatic carbocycles. The summed E-state index contributed by atoms with van der Waals surface area (Å²) in [5, 5.41) is 21.3. The molecule has 6 rings (SSSR count). The summed E-state index contributed by atoms with van der Waals surface area (Å²) in [6, 6.07) is 30.3. The summed E-state index contributed by atoms with van der Waals surface area (Å²) in [7, 11) is 0. The first kappa shape index (κ1) is 33.4. The average molecular weight is 656 g/mol. The summed E-state index contributed by atoms with van der Waals surface area (Å²) in [4.78, 5) is 16.0. The van der Waals surface area contributed by atoms with Gasteiger partial charge in [-0.25, -0.2) is 4.79 Å². The van der Waals surface area contributed by atoms with E-state index in [9.17, 15) is 15.2 Å². The molecule has 246 valence electrons. The molecule has 5 aromatic rings. The second-order valence-corrected chi connectivity index (χ2v) is 16.0. The molecule has 0 saturated heterocycles. The van der Waals surface area contributed by atoms with E-state index < -0.39 is 5.97 Å². The molecule has 0 bridgehead atoms. The molecule has 5 nitrogen and oxygen atoms in total. The van der Waals surface area contributed by atoms with Gasteiger partial charge in [0.15, 0.2) is 0 Å². The van der Waals surface area contributed by atoms with Crippen LogP contribution in [0.15, 0.2) is 94.2 Å². The van der Waals surface area contributed by atoms with Crippen LogP contribution in [-0.2, 0) is 22.2 Å². The first-order valence-electron chi connectivity index (χ1n) is 17.0. The van der Waals surface area contributed by atoms with Crippen LogP contribution in [0.4, 0.5) is 11.4 Å². The maximum absolute atomic E-state index is 11.4. The van der Waals surface area contributed by atoms with Crippen LogP contribution in [0, 0.1) is 11.3 Å². The summed E-state index contributed by atoms with van der Waals surface area (Å²) in [6.45, 7) is 15.6. The zero-order valence-corrected chi connectivity index (χ0v) is 29.7. The van der Waals surface area contributed by atoms with Crippen molar-refractivity contribution in [3.63, 3.8) is 0 Å². The lowest BCUT2D eigenvalue weighted by molar-refractivity contribution is -0.132. The number of rotatable bonds is 9. The molecule has 0 unspecified atom stereocenters. The minimum atomic E-state index is -1.21. The molecular weight excluding hydrogens is 611 g/mol. The molecule has 2 heterocycles. The molecule has 0 amide bonds. The second kappa shape index (κ2) is 13.2. The molecule has 1 aromatic heterocycles. The number of para-hydroxylation sites is 1. The Kier molecular flexibility index (Phi) is 9.20. The molecule has 6 heteroatoms. The monoisotopic (exact) mass is 655 g/mol. The number of carboxylic acids is 1. The smallest absolute Gasteiger partial charge is 0.346 e. The van der Waals surface area contributed by atoms with E-state index in [1.165, 1.54) is 49.6 Å². The SMILES string of the molecule is CC(C)(C)c1ccc2c(c1)c1cc(C(C)(C)C)ccc1n2CCCCCCN1c2ccccc2Sc2cc(/C=C(/C#N)C(=O)O)ccc21. The highest BCUT2D eigenvalue weighted by atomic mass is 32.2. The van der Waals surface area contributed by atoms with Gasteiger partial charge in [0.2, 0.25) is 0 Å². The Hall–Kier alpha value is -4.47. The summed E-state index contributed by atoms with van der Waals surface area (Å²) in [5.74, 6) is -1.21. The third-order valence-electron chi connectivity index (χ3n) is 9.42. The van der Waals surface area contributed by atoms with Gasteiger partial charge in [-0.2, -0.15) is 5.26 Å². The Balaban J connectivity index is 1.17. The van der Waals surface area contributed by atoms with Crippen LogP contribution in [0.3, 0.4) is 0 Å². The number of carboxylic acid groups (broad SMARTS) is 1. The molecule has 48 heavy (non-hydrogen) atoms. The molecule has 0 atom stereocenters. The zero-order chi connectivity index (χ0) is 34.2. The zero-order valence-electron chi connectivity index (χ0n) is 28.9. The van der Waals surface area contributed by atoms with Gasteiger partial charge in [0.05, 0.1) is 11.4 Å². The van der Waals surface area contributed by atoms with Gasteiger partial charge >= 0.3 is 5.97 Å². The highest BCUT2D eigenvalue weighted by molar-refractivity contribution is 7.99. The van der Waals surface area contributed by atoms with Crippen molar-refractivity contribution in [1.82, 2.24) is 4.57 Å². The van der Waals surface area contributed by atoms with E-state index in [-0.39, 0.29) is 16.4 Å². The lowest BCUT2D eigenvalue weighted by Gasteiger charge is -2.33. The third kappa shape index (κ3) is 6.75. The van der Waals surface area contributed by atoms with Crippen molar-refractivity contribution in [3.05, 3.63) is 101 Å². The quantitative estimate of drug-likeness (QED) is 0.0972. The Morgan fingerprint density at radius 1 is 0.750 bits per heavy atom. The van der Waals surface area contributed by atoms with Crippen LogP contribution in [-0.4, -0.2) is 22.2 Å². The van der Waals surface area contributed by atoms with Crippen LogP contribution < -0.4 is 4.90 Å². The van der Waals surface area contributed by atoms with E-state index in [0.29, 0.717) is 5.56 Å². The molecule has 0 spiro atoms.